The van der Waals surface area contributed by atoms with Crippen LogP contribution in [0.3, 0.4) is 0 Å². The fourth-order valence-electron chi connectivity index (χ4n) is 5.53. The van der Waals surface area contributed by atoms with E-state index in [1.807, 2.05) is 33.3 Å². The van der Waals surface area contributed by atoms with E-state index in [1.54, 1.807) is 6.08 Å². The van der Waals surface area contributed by atoms with E-state index in [0.717, 1.165) is 38.5 Å². The van der Waals surface area contributed by atoms with Crippen molar-refractivity contribution in [1.82, 2.24) is 5.32 Å². The molecule has 0 aromatic heterocycles. The van der Waals surface area contributed by atoms with Crippen LogP contribution in [0.25, 0.3) is 0 Å². The lowest BCUT2D eigenvalue weighted by atomic mass is 10.1. The van der Waals surface area contributed by atoms with Crippen molar-refractivity contribution in [2.45, 2.75) is 174 Å². The third kappa shape index (κ3) is 38.3. The Kier molecular flexibility index (Phi) is 34.7. The first-order valence-corrected chi connectivity index (χ1v) is 22.7. The van der Waals surface area contributed by atoms with Crippen LogP contribution in [0, 0.1) is 0 Å². The number of carbonyl (C=O) groups excluding carboxylic acids is 1. The predicted octanol–water partition coefficient (Wildman–Crippen LogP) is 11.5. The molecule has 9 heteroatoms. The van der Waals surface area contributed by atoms with E-state index in [4.69, 9.17) is 9.05 Å². The summed E-state index contributed by atoms with van der Waals surface area (Å²) in [6.07, 6.45) is 45.9. The molecule has 0 spiro atoms. The second-order valence-corrected chi connectivity index (χ2v) is 16.8. The molecule has 0 aliphatic heterocycles. The normalized spacial score (nSPS) is 15.1. The monoisotopic (exact) mass is 766 g/mol. The van der Waals surface area contributed by atoms with Crippen molar-refractivity contribution in [3.05, 3.63) is 60.8 Å². The Bertz CT molecular complexity index is 1050. The van der Waals surface area contributed by atoms with Crippen molar-refractivity contribution >= 4 is 13.7 Å². The van der Waals surface area contributed by atoms with E-state index in [0.29, 0.717) is 17.4 Å². The summed E-state index contributed by atoms with van der Waals surface area (Å²) in [5.41, 5.74) is 0. The standard InChI is InChI=1S/C44H81N2O6P/c1-6-8-10-12-14-16-18-20-21-22-23-24-26-27-29-31-33-35-37-43(47)42(41-52-53(49,50)51-40-39-46(3,4)5)45-44(48)38-36-34-32-30-28-25-19-17-15-13-11-9-7-2/h22-23,25,27-29,32,34-35,37,42-43,47H,6-21,24,26,30-31,33,36,38-41H2,1-5H3,(H-,45,48,49,50)/p+1/b23-22+,28-25-,29-27+,34-32-,37-35+. The fourth-order valence-corrected chi connectivity index (χ4v) is 6.27. The lowest BCUT2D eigenvalue weighted by Gasteiger charge is -2.25. The number of carbonyl (C=O) groups is 1. The topological polar surface area (TPSA) is 105 Å². The maximum absolute atomic E-state index is 12.8. The van der Waals surface area contributed by atoms with Crippen LogP contribution >= 0.6 is 7.82 Å². The summed E-state index contributed by atoms with van der Waals surface area (Å²) in [6, 6.07) is -0.900. The van der Waals surface area contributed by atoms with Crippen LogP contribution < -0.4 is 5.32 Å². The number of quaternary nitrogens is 1. The molecule has 308 valence electrons. The molecule has 0 fully saturated rings. The summed E-state index contributed by atoms with van der Waals surface area (Å²) < 4.78 is 23.4. The van der Waals surface area contributed by atoms with E-state index in [1.165, 1.54) is 96.3 Å². The first-order chi connectivity index (χ1) is 25.5. The first kappa shape index (κ1) is 51.2. The molecule has 0 aliphatic carbocycles. The molecule has 0 saturated carbocycles. The Labute approximate surface area is 326 Å². The Morgan fingerprint density at radius 2 is 1.09 bits per heavy atom. The Hall–Kier alpha value is -1.80. The largest absolute Gasteiger partial charge is 0.472 e. The smallest absolute Gasteiger partial charge is 0.387 e. The maximum atomic E-state index is 12.8. The molecule has 8 nitrogen and oxygen atoms in total. The summed E-state index contributed by atoms with van der Waals surface area (Å²) in [4.78, 5) is 23.0. The van der Waals surface area contributed by atoms with Crippen molar-refractivity contribution in [2.75, 3.05) is 40.9 Å². The van der Waals surface area contributed by atoms with Gasteiger partial charge in [-0.05, 0) is 64.2 Å². The molecular formula is C44H82N2O6P+. The quantitative estimate of drug-likeness (QED) is 0.0252. The molecule has 0 heterocycles. The predicted molar refractivity (Wildman–Crippen MR) is 226 cm³/mol. The summed E-state index contributed by atoms with van der Waals surface area (Å²) in [5, 5.41) is 13.7. The number of hydrogen-bond donors (Lipinski definition) is 3. The number of phosphoric ester groups is 1. The lowest BCUT2D eigenvalue weighted by Crippen LogP contribution is -2.45. The fraction of sp³-hybridized carbons (Fsp3) is 0.750. The summed E-state index contributed by atoms with van der Waals surface area (Å²) in [7, 11) is 1.51. The molecule has 3 N–H and O–H groups in total. The zero-order valence-corrected chi connectivity index (χ0v) is 35.6. The van der Waals surface area contributed by atoms with Crippen molar-refractivity contribution < 1.29 is 32.9 Å². The molecule has 0 aliphatic rings. The number of amides is 1. The van der Waals surface area contributed by atoms with Gasteiger partial charge in [-0.1, -0.05) is 152 Å². The number of rotatable bonds is 37. The van der Waals surface area contributed by atoms with Crippen molar-refractivity contribution in [1.29, 1.82) is 0 Å². The number of unbranched alkanes of at least 4 members (excludes halogenated alkanes) is 16. The zero-order valence-electron chi connectivity index (χ0n) is 34.7. The van der Waals surface area contributed by atoms with Crippen molar-refractivity contribution in [3.8, 4) is 0 Å². The van der Waals surface area contributed by atoms with Gasteiger partial charge in [0, 0.05) is 6.42 Å². The van der Waals surface area contributed by atoms with Gasteiger partial charge in [0.2, 0.25) is 5.91 Å². The van der Waals surface area contributed by atoms with Crippen LogP contribution in [0.15, 0.2) is 60.8 Å². The first-order valence-electron chi connectivity index (χ1n) is 21.2. The number of nitrogens with zero attached hydrogens (tertiary/aromatic N) is 1. The van der Waals surface area contributed by atoms with Crippen molar-refractivity contribution in [2.24, 2.45) is 0 Å². The van der Waals surface area contributed by atoms with E-state index in [-0.39, 0.29) is 25.5 Å². The van der Waals surface area contributed by atoms with Crippen LogP contribution in [-0.4, -0.2) is 73.4 Å². The van der Waals surface area contributed by atoms with Crippen LogP contribution in [0.2, 0.25) is 0 Å². The highest BCUT2D eigenvalue weighted by atomic mass is 31.2. The van der Waals surface area contributed by atoms with Crippen LogP contribution in [0.4, 0.5) is 0 Å². The number of aliphatic hydroxyl groups excluding tert-OH is 1. The number of nitrogens with one attached hydrogen (secondary N) is 1. The maximum Gasteiger partial charge on any atom is 0.472 e. The van der Waals surface area contributed by atoms with Gasteiger partial charge in [0.1, 0.15) is 13.2 Å². The minimum absolute atomic E-state index is 0.0421. The molecule has 0 radical (unpaired) electrons. The molecule has 0 rings (SSSR count). The Morgan fingerprint density at radius 3 is 1.62 bits per heavy atom. The second-order valence-electron chi connectivity index (χ2n) is 15.3. The van der Waals surface area contributed by atoms with Gasteiger partial charge in [-0.3, -0.25) is 13.8 Å². The van der Waals surface area contributed by atoms with E-state index < -0.39 is 20.0 Å². The van der Waals surface area contributed by atoms with Gasteiger partial charge < -0.3 is 19.8 Å². The van der Waals surface area contributed by atoms with Gasteiger partial charge in [-0.2, -0.15) is 0 Å². The highest BCUT2D eigenvalue weighted by molar-refractivity contribution is 7.47. The number of phosphoric acid groups is 1. The summed E-state index contributed by atoms with van der Waals surface area (Å²) in [6.45, 7) is 4.70. The van der Waals surface area contributed by atoms with Crippen LogP contribution in [0.5, 0.6) is 0 Å². The average molecular weight is 766 g/mol. The van der Waals surface area contributed by atoms with E-state index in [2.05, 4.69) is 61.7 Å². The molecule has 0 bridgehead atoms. The van der Waals surface area contributed by atoms with Gasteiger partial charge in [0.05, 0.1) is 39.9 Å². The number of allylic oxidation sites excluding steroid dienone is 9. The minimum Gasteiger partial charge on any atom is -0.387 e. The Morgan fingerprint density at radius 1 is 0.642 bits per heavy atom. The third-order valence-corrected chi connectivity index (χ3v) is 9.94. The number of hydrogen-bond acceptors (Lipinski definition) is 5. The van der Waals surface area contributed by atoms with Gasteiger partial charge in [0.15, 0.2) is 0 Å². The molecule has 53 heavy (non-hydrogen) atoms. The number of aliphatic hydroxyl groups is 1. The van der Waals surface area contributed by atoms with Gasteiger partial charge in [-0.15, -0.1) is 0 Å². The number of likely N-dealkylation sites (N-methyl/N-ethyl adjacent to an activating group) is 1. The summed E-state index contributed by atoms with van der Waals surface area (Å²) >= 11 is 0. The Balaban J connectivity index is 4.64. The molecule has 0 aromatic carbocycles. The second kappa shape index (κ2) is 35.9. The zero-order chi connectivity index (χ0) is 39.3. The minimum atomic E-state index is -4.36. The van der Waals surface area contributed by atoms with Gasteiger partial charge in [-0.25, -0.2) is 4.57 Å². The van der Waals surface area contributed by atoms with Crippen LogP contribution in [-0.2, 0) is 18.4 Å². The molecule has 0 aromatic rings. The van der Waals surface area contributed by atoms with Crippen LogP contribution in [0.1, 0.15) is 162 Å². The van der Waals surface area contributed by atoms with Gasteiger partial charge >= 0.3 is 7.82 Å². The molecule has 0 saturated heterocycles. The highest BCUT2D eigenvalue weighted by Crippen LogP contribution is 2.43. The molecule has 3 unspecified atom stereocenters. The molecule has 1 amide bonds. The van der Waals surface area contributed by atoms with E-state index >= 15 is 0 Å². The third-order valence-electron chi connectivity index (χ3n) is 8.95. The highest BCUT2D eigenvalue weighted by Gasteiger charge is 2.27. The average Bonchev–Trinajstić information content (AvgIpc) is 3.10. The van der Waals surface area contributed by atoms with E-state index in [9.17, 15) is 19.4 Å². The molecular weight excluding hydrogens is 683 g/mol. The lowest BCUT2D eigenvalue weighted by molar-refractivity contribution is -0.870. The van der Waals surface area contributed by atoms with Gasteiger partial charge in [0.25, 0.3) is 0 Å². The van der Waals surface area contributed by atoms with Crippen molar-refractivity contribution in [3.63, 3.8) is 0 Å². The molecule has 3 atom stereocenters. The SMILES string of the molecule is CCCCCCCC/C=C\C/C=C\CCC(=O)NC(COP(=O)(O)OCC[N+](C)(C)C)C(O)/C=C/CC/C=C/CC/C=C/CCCCCCCCCC. The summed E-state index contributed by atoms with van der Waals surface area (Å²) in [5.74, 6) is -0.261.